The molecule has 0 saturated carbocycles. The molecule has 0 aliphatic rings. The Morgan fingerprint density at radius 1 is 1.21 bits per heavy atom. The predicted octanol–water partition coefficient (Wildman–Crippen LogP) is 4.33. The van der Waals surface area contributed by atoms with Gasteiger partial charge in [-0.25, -0.2) is 0 Å². The fourth-order valence-corrected chi connectivity index (χ4v) is 2.13. The molecule has 98 valence electrons. The van der Waals surface area contributed by atoms with Gasteiger partial charge in [0.15, 0.2) is 0 Å². The van der Waals surface area contributed by atoms with E-state index >= 15 is 0 Å². The molecular weight excluding hydrogens is 278 g/mol. The quantitative estimate of drug-likeness (QED) is 0.852. The molecule has 2 N–H and O–H groups in total. The second-order valence-corrected chi connectivity index (χ2v) is 4.94. The van der Waals surface area contributed by atoms with Crippen molar-refractivity contribution in [2.24, 2.45) is 5.73 Å². The Bertz CT molecular complexity index is 613. The third-order valence-electron chi connectivity index (χ3n) is 2.78. The zero-order chi connectivity index (χ0) is 13.8. The second-order valence-electron chi connectivity index (χ2n) is 4.07. The van der Waals surface area contributed by atoms with Gasteiger partial charge in [0.2, 0.25) is 0 Å². The fourth-order valence-electron chi connectivity index (χ4n) is 1.80. The summed E-state index contributed by atoms with van der Waals surface area (Å²) in [5.74, 6) is 1.43. The van der Waals surface area contributed by atoms with Gasteiger partial charge in [-0.3, -0.25) is 0 Å². The number of benzene rings is 2. The van der Waals surface area contributed by atoms with Crippen LogP contribution in [-0.4, -0.2) is 4.99 Å². The molecule has 0 bridgehead atoms. The highest BCUT2D eigenvalue weighted by molar-refractivity contribution is 7.80. The number of halogens is 1. The third kappa shape index (κ3) is 3.25. The Morgan fingerprint density at radius 2 is 1.95 bits per heavy atom. The molecular formula is C15H14ClNOS. The first kappa shape index (κ1) is 13.8. The van der Waals surface area contributed by atoms with Crippen LogP contribution in [0.15, 0.2) is 42.5 Å². The first-order chi connectivity index (χ1) is 9.11. The van der Waals surface area contributed by atoms with E-state index in [1.165, 1.54) is 0 Å². The van der Waals surface area contributed by atoms with Crippen LogP contribution in [0.4, 0.5) is 0 Å². The molecule has 0 saturated heterocycles. The lowest BCUT2D eigenvalue weighted by Crippen LogP contribution is -2.10. The molecule has 0 atom stereocenters. The van der Waals surface area contributed by atoms with Crippen molar-refractivity contribution in [3.05, 3.63) is 58.6 Å². The maximum atomic E-state index is 5.95. The summed E-state index contributed by atoms with van der Waals surface area (Å²) in [4.78, 5) is 0.270. The normalized spacial score (nSPS) is 10.2. The molecule has 0 amide bonds. The molecule has 19 heavy (non-hydrogen) atoms. The monoisotopic (exact) mass is 291 g/mol. The third-order valence-corrected chi connectivity index (χ3v) is 3.24. The van der Waals surface area contributed by atoms with E-state index in [4.69, 9.17) is 34.3 Å². The predicted molar refractivity (Wildman–Crippen MR) is 83.2 cm³/mol. The SMILES string of the molecule is CCc1ccccc1Oc1ccc(Cl)cc1C(N)=S. The van der Waals surface area contributed by atoms with Crippen LogP contribution in [0.5, 0.6) is 11.5 Å². The molecule has 0 spiro atoms. The van der Waals surface area contributed by atoms with E-state index in [2.05, 4.69) is 6.92 Å². The summed E-state index contributed by atoms with van der Waals surface area (Å²) in [5.41, 5.74) is 7.48. The number of aryl methyl sites for hydroxylation is 1. The van der Waals surface area contributed by atoms with Crippen molar-refractivity contribution in [2.75, 3.05) is 0 Å². The van der Waals surface area contributed by atoms with Gasteiger partial charge in [-0.15, -0.1) is 0 Å². The minimum Gasteiger partial charge on any atom is -0.456 e. The van der Waals surface area contributed by atoms with Crippen LogP contribution in [-0.2, 0) is 6.42 Å². The Morgan fingerprint density at radius 3 is 2.63 bits per heavy atom. The smallest absolute Gasteiger partial charge is 0.137 e. The second kappa shape index (κ2) is 6.04. The summed E-state index contributed by atoms with van der Waals surface area (Å²) in [6, 6.07) is 13.1. The molecule has 0 aliphatic heterocycles. The summed E-state index contributed by atoms with van der Waals surface area (Å²) in [5, 5.41) is 0.582. The van der Waals surface area contributed by atoms with E-state index in [1.807, 2.05) is 24.3 Å². The number of rotatable bonds is 4. The summed E-state index contributed by atoms with van der Waals surface area (Å²) < 4.78 is 5.92. The van der Waals surface area contributed by atoms with Gasteiger partial charge < -0.3 is 10.5 Å². The molecule has 0 unspecified atom stereocenters. The van der Waals surface area contributed by atoms with Crippen LogP contribution >= 0.6 is 23.8 Å². The van der Waals surface area contributed by atoms with Gasteiger partial charge >= 0.3 is 0 Å². The van der Waals surface area contributed by atoms with Gasteiger partial charge in [-0.1, -0.05) is 48.9 Å². The molecule has 2 aromatic rings. The molecule has 0 fully saturated rings. The average molecular weight is 292 g/mol. The number of ether oxygens (including phenoxy) is 1. The van der Waals surface area contributed by atoms with Crippen molar-refractivity contribution in [2.45, 2.75) is 13.3 Å². The maximum Gasteiger partial charge on any atom is 0.137 e. The number of nitrogens with two attached hydrogens (primary N) is 1. The minimum atomic E-state index is 0.270. The summed E-state index contributed by atoms with van der Waals surface area (Å²) in [6.45, 7) is 2.08. The van der Waals surface area contributed by atoms with Gasteiger partial charge in [0.05, 0.1) is 5.56 Å². The Balaban J connectivity index is 2.41. The van der Waals surface area contributed by atoms with Crippen molar-refractivity contribution < 1.29 is 4.74 Å². The zero-order valence-electron chi connectivity index (χ0n) is 10.5. The van der Waals surface area contributed by atoms with E-state index in [9.17, 15) is 0 Å². The lowest BCUT2D eigenvalue weighted by molar-refractivity contribution is 0.476. The van der Waals surface area contributed by atoms with Crippen LogP contribution in [0.2, 0.25) is 5.02 Å². The summed E-state index contributed by atoms with van der Waals surface area (Å²) in [7, 11) is 0. The molecule has 2 aromatic carbocycles. The highest BCUT2D eigenvalue weighted by atomic mass is 35.5. The highest BCUT2D eigenvalue weighted by Crippen LogP contribution is 2.30. The molecule has 0 radical (unpaired) electrons. The highest BCUT2D eigenvalue weighted by Gasteiger charge is 2.10. The van der Waals surface area contributed by atoms with Crippen LogP contribution in [0.25, 0.3) is 0 Å². The van der Waals surface area contributed by atoms with Crippen LogP contribution in [0, 0.1) is 0 Å². The molecule has 2 nitrogen and oxygen atoms in total. The van der Waals surface area contributed by atoms with E-state index in [0.29, 0.717) is 16.3 Å². The molecule has 0 aromatic heterocycles. The number of thiocarbonyl (C=S) groups is 1. The van der Waals surface area contributed by atoms with Crippen LogP contribution < -0.4 is 10.5 Å². The maximum absolute atomic E-state index is 5.95. The van der Waals surface area contributed by atoms with Crippen LogP contribution in [0.1, 0.15) is 18.1 Å². The van der Waals surface area contributed by atoms with Gasteiger partial charge in [0, 0.05) is 5.02 Å². The van der Waals surface area contributed by atoms with Crippen molar-refractivity contribution in [3.8, 4) is 11.5 Å². The van der Waals surface area contributed by atoms with E-state index in [0.717, 1.165) is 17.7 Å². The topological polar surface area (TPSA) is 35.2 Å². The van der Waals surface area contributed by atoms with Crippen molar-refractivity contribution in [1.29, 1.82) is 0 Å². The summed E-state index contributed by atoms with van der Waals surface area (Å²) in [6.07, 6.45) is 0.895. The Labute approximate surface area is 123 Å². The van der Waals surface area contributed by atoms with Gasteiger partial charge in [0.1, 0.15) is 16.5 Å². The van der Waals surface area contributed by atoms with Crippen LogP contribution in [0.3, 0.4) is 0 Å². The standard InChI is InChI=1S/C15H14ClNOS/c1-2-10-5-3-4-6-13(10)18-14-8-7-11(16)9-12(14)15(17)19/h3-9H,2H2,1H3,(H2,17,19). The molecule has 2 rings (SSSR count). The molecule has 0 heterocycles. The number of para-hydroxylation sites is 1. The largest absolute Gasteiger partial charge is 0.456 e. The Kier molecular flexibility index (Phi) is 4.40. The minimum absolute atomic E-state index is 0.270. The zero-order valence-corrected chi connectivity index (χ0v) is 12.1. The lowest BCUT2D eigenvalue weighted by atomic mass is 10.1. The Hall–Kier alpha value is -1.58. The van der Waals surface area contributed by atoms with E-state index in [1.54, 1.807) is 18.2 Å². The van der Waals surface area contributed by atoms with Crippen molar-refractivity contribution >= 4 is 28.8 Å². The molecule has 0 aliphatic carbocycles. The van der Waals surface area contributed by atoms with Gasteiger partial charge in [-0.2, -0.15) is 0 Å². The first-order valence-corrected chi connectivity index (χ1v) is 6.75. The van der Waals surface area contributed by atoms with Gasteiger partial charge in [0.25, 0.3) is 0 Å². The fraction of sp³-hybridized carbons (Fsp3) is 0.133. The van der Waals surface area contributed by atoms with Gasteiger partial charge in [-0.05, 0) is 36.2 Å². The van der Waals surface area contributed by atoms with Crippen molar-refractivity contribution in [3.63, 3.8) is 0 Å². The lowest BCUT2D eigenvalue weighted by Gasteiger charge is -2.13. The average Bonchev–Trinajstić information content (AvgIpc) is 2.41. The van der Waals surface area contributed by atoms with E-state index < -0.39 is 0 Å². The van der Waals surface area contributed by atoms with E-state index in [-0.39, 0.29) is 4.99 Å². The number of hydrogen-bond acceptors (Lipinski definition) is 2. The first-order valence-electron chi connectivity index (χ1n) is 5.97. The molecule has 4 heteroatoms. The number of hydrogen-bond donors (Lipinski definition) is 1. The van der Waals surface area contributed by atoms with Crippen molar-refractivity contribution in [1.82, 2.24) is 0 Å². The summed E-state index contributed by atoms with van der Waals surface area (Å²) >= 11 is 11.0.